The molecule has 0 spiro atoms. The predicted molar refractivity (Wildman–Crippen MR) is 91.1 cm³/mol. The summed E-state index contributed by atoms with van der Waals surface area (Å²) in [7, 11) is 1.30. The van der Waals surface area contributed by atoms with Crippen LogP contribution in [0, 0.1) is 0 Å². The molecule has 1 aromatic carbocycles. The lowest BCUT2D eigenvalue weighted by Crippen LogP contribution is -2.39. The topological polar surface area (TPSA) is 59.5 Å². The van der Waals surface area contributed by atoms with Crippen LogP contribution < -0.4 is 4.90 Å². The molecule has 0 fully saturated rings. The Morgan fingerprint density at radius 2 is 1.92 bits per heavy atom. The first kappa shape index (κ1) is 15.7. The summed E-state index contributed by atoms with van der Waals surface area (Å²) in [6.07, 6.45) is 5.90. The summed E-state index contributed by atoms with van der Waals surface area (Å²) in [6, 6.07) is 14.2. The molecule has 120 valence electrons. The van der Waals surface area contributed by atoms with E-state index in [-0.39, 0.29) is 5.57 Å². The highest BCUT2D eigenvalue weighted by molar-refractivity contribution is 6.01. The van der Waals surface area contributed by atoms with Crippen molar-refractivity contribution in [1.29, 1.82) is 0 Å². The number of allylic oxidation sites excluding steroid dienone is 2. The van der Waals surface area contributed by atoms with Crippen molar-refractivity contribution < 1.29 is 14.3 Å². The van der Waals surface area contributed by atoms with Crippen molar-refractivity contribution in [2.24, 2.45) is 0 Å². The second-order valence-electron chi connectivity index (χ2n) is 5.21. The Morgan fingerprint density at radius 1 is 1.17 bits per heavy atom. The summed E-state index contributed by atoms with van der Waals surface area (Å²) in [6.45, 7) is 0. The molecule has 24 heavy (non-hydrogen) atoms. The van der Waals surface area contributed by atoms with Gasteiger partial charge >= 0.3 is 5.97 Å². The maximum Gasteiger partial charge on any atom is 0.336 e. The number of carbonyl (C=O) groups is 2. The number of esters is 1. The maximum atomic E-state index is 12.2. The number of benzene rings is 1. The highest BCUT2D eigenvalue weighted by Gasteiger charge is 2.31. The standard InChI is InChI=1S/C19H16N2O3/c1-24-19(23)16-11-14(17-9-5-6-10-20-17)12-21(18(16)13-22)15-7-3-2-4-8-15/h2-13,18H,1H3. The van der Waals surface area contributed by atoms with Gasteiger partial charge in [-0.2, -0.15) is 0 Å². The van der Waals surface area contributed by atoms with Crippen LogP contribution in [0.4, 0.5) is 5.69 Å². The zero-order valence-electron chi connectivity index (χ0n) is 13.1. The number of carbonyl (C=O) groups excluding carboxylic acids is 2. The van der Waals surface area contributed by atoms with Crippen LogP contribution in [0.3, 0.4) is 0 Å². The van der Waals surface area contributed by atoms with Gasteiger partial charge in [0.2, 0.25) is 0 Å². The van der Waals surface area contributed by atoms with Crippen molar-refractivity contribution in [1.82, 2.24) is 4.98 Å². The van der Waals surface area contributed by atoms with Crippen LogP contribution in [0.25, 0.3) is 5.57 Å². The fraction of sp³-hybridized carbons (Fsp3) is 0.105. The second-order valence-corrected chi connectivity index (χ2v) is 5.21. The molecule has 1 unspecified atom stereocenters. The van der Waals surface area contributed by atoms with Gasteiger partial charge in [0.05, 0.1) is 18.4 Å². The number of methoxy groups -OCH3 is 1. The molecule has 1 atom stereocenters. The van der Waals surface area contributed by atoms with E-state index in [9.17, 15) is 9.59 Å². The van der Waals surface area contributed by atoms with E-state index in [0.717, 1.165) is 17.5 Å². The van der Waals surface area contributed by atoms with E-state index in [2.05, 4.69) is 4.98 Å². The summed E-state index contributed by atoms with van der Waals surface area (Å²) in [5.74, 6) is -0.533. The number of rotatable bonds is 4. The molecule has 1 aliphatic heterocycles. The van der Waals surface area contributed by atoms with Crippen molar-refractivity contribution in [3.05, 3.63) is 78.3 Å². The molecule has 0 bridgehead atoms. The van der Waals surface area contributed by atoms with Gasteiger partial charge in [0.1, 0.15) is 12.3 Å². The smallest absolute Gasteiger partial charge is 0.336 e. The number of aldehydes is 1. The predicted octanol–water partition coefficient (Wildman–Crippen LogP) is 2.61. The minimum atomic E-state index is -0.743. The van der Waals surface area contributed by atoms with Crippen molar-refractivity contribution in [3.63, 3.8) is 0 Å². The fourth-order valence-corrected chi connectivity index (χ4v) is 2.62. The third-order valence-corrected chi connectivity index (χ3v) is 3.77. The Hall–Kier alpha value is -3.21. The molecule has 1 aromatic heterocycles. The van der Waals surface area contributed by atoms with Crippen LogP contribution in [0.1, 0.15) is 5.69 Å². The molecule has 3 rings (SSSR count). The van der Waals surface area contributed by atoms with Crippen molar-refractivity contribution in [2.75, 3.05) is 12.0 Å². The van der Waals surface area contributed by atoms with Crippen LogP contribution in [0.5, 0.6) is 0 Å². The number of anilines is 1. The van der Waals surface area contributed by atoms with E-state index < -0.39 is 12.0 Å². The molecule has 0 radical (unpaired) electrons. The second kappa shape index (κ2) is 6.91. The summed E-state index contributed by atoms with van der Waals surface area (Å²) >= 11 is 0. The molecule has 0 saturated heterocycles. The lowest BCUT2D eigenvalue weighted by Gasteiger charge is -2.31. The first-order valence-corrected chi connectivity index (χ1v) is 7.46. The Kier molecular flexibility index (Phi) is 4.52. The quantitative estimate of drug-likeness (QED) is 0.640. The van der Waals surface area contributed by atoms with Gasteiger partial charge in [-0.25, -0.2) is 4.79 Å². The molecule has 5 heteroatoms. The first-order chi connectivity index (χ1) is 11.7. The Morgan fingerprint density at radius 3 is 2.54 bits per heavy atom. The number of nitrogens with zero attached hydrogens (tertiary/aromatic N) is 2. The molecule has 2 aromatic rings. The monoisotopic (exact) mass is 320 g/mol. The van der Waals surface area contributed by atoms with E-state index in [1.165, 1.54) is 7.11 Å². The number of ether oxygens (including phenoxy) is 1. The number of pyridine rings is 1. The normalized spacial score (nSPS) is 16.9. The fourth-order valence-electron chi connectivity index (χ4n) is 2.62. The van der Waals surface area contributed by atoms with Crippen LogP contribution >= 0.6 is 0 Å². The van der Waals surface area contributed by atoms with E-state index in [4.69, 9.17) is 4.74 Å². The van der Waals surface area contributed by atoms with E-state index in [1.54, 1.807) is 17.2 Å². The minimum Gasteiger partial charge on any atom is -0.466 e. The van der Waals surface area contributed by atoms with Gasteiger partial charge in [-0.1, -0.05) is 24.3 Å². The van der Waals surface area contributed by atoms with Gasteiger partial charge in [-0.15, -0.1) is 0 Å². The maximum absolute atomic E-state index is 12.2. The third kappa shape index (κ3) is 2.96. The minimum absolute atomic E-state index is 0.277. The Balaban J connectivity index is 2.13. The molecule has 2 heterocycles. The summed E-state index contributed by atoms with van der Waals surface area (Å²) < 4.78 is 4.85. The van der Waals surface area contributed by atoms with Crippen LogP contribution in [0.15, 0.2) is 72.6 Å². The number of para-hydroxylation sites is 1. The number of hydrogen-bond acceptors (Lipinski definition) is 5. The zero-order chi connectivity index (χ0) is 16.9. The lowest BCUT2D eigenvalue weighted by atomic mass is 9.97. The zero-order valence-corrected chi connectivity index (χ0v) is 13.1. The summed E-state index contributed by atoms with van der Waals surface area (Å²) in [4.78, 5) is 29.9. The van der Waals surface area contributed by atoms with E-state index in [0.29, 0.717) is 5.69 Å². The average molecular weight is 320 g/mol. The molecule has 0 saturated carbocycles. The molecular formula is C19H16N2O3. The Bertz CT molecular complexity index is 798. The molecule has 1 aliphatic rings. The van der Waals surface area contributed by atoms with E-state index in [1.807, 2.05) is 54.7 Å². The highest BCUT2D eigenvalue weighted by atomic mass is 16.5. The number of aromatic nitrogens is 1. The molecular weight excluding hydrogens is 304 g/mol. The van der Waals surface area contributed by atoms with Gasteiger partial charge in [-0.3, -0.25) is 4.98 Å². The first-order valence-electron chi connectivity index (χ1n) is 7.46. The molecule has 0 amide bonds. The Labute approximate surface area is 139 Å². The highest BCUT2D eigenvalue weighted by Crippen LogP contribution is 2.30. The third-order valence-electron chi connectivity index (χ3n) is 3.77. The van der Waals surface area contributed by atoms with Gasteiger partial charge in [-0.05, 0) is 30.3 Å². The number of hydrogen-bond donors (Lipinski definition) is 0. The van der Waals surface area contributed by atoms with Crippen molar-refractivity contribution in [2.45, 2.75) is 6.04 Å². The summed E-state index contributed by atoms with van der Waals surface area (Å²) in [5.41, 5.74) is 2.53. The van der Waals surface area contributed by atoms with Crippen LogP contribution in [-0.4, -0.2) is 30.4 Å². The largest absolute Gasteiger partial charge is 0.466 e. The molecule has 0 aliphatic carbocycles. The van der Waals surface area contributed by atoms with Gasteiger partial charge < -0.3 is 14.4 Å². The lowest BCUT2D eigenvalue weighted by molar-refractivity contribution is -0.136. The summed E-state index contributed by atoms with van der Waals surface area (Å²) in [5, 5.41) is 0. The van der Waals surface area contributed by atoms with Gasteiger partial charge in [0.15, 0.2) is 0 Å². The average Bonchev–Trinajstić information content (AvgIpc) is 2.67. The van der Waals surface area contributed by atoms with Crippen molar-refractivity contribution >= 4 is 23.5 Å². The van der Waals surface area contributed by atoms with Gasteiger partial charge in [0.25, 0.3) is 0 Å². The van der Waals surface area contributed by atoms with E-state index >= 15 is 0 Å². The van der Waals surface area contributed by atoms with Crippen LogP contribution in [-0.2, 0) is 14.3 Å². The molecule has 0 N–H and O–H groups in total. The van der Waals surface area contributed by atoms with Gasteiger partial charge in [0, 0.05) is 23.7 Å². The van der Waals surface area contributed by atoms with Crippen molar-refractivity contribution in [3.8, 4) is 0 Å². The SMILES string of the molecule is COC(=O)C1=CC(c2ccccn2)=CN(c2ccccc2)C1C=O. The van der Waals surface area contributed by atoms with Crippen LogP contribution in [0.2, 0.25) is 0 Å². The molecule has 5 nitrogen and oxygen atoms in total.